The Bertz CT molecular complexity index is 324. The molecule has 1 fully saturated rings. The first-order valence-electron chi connectivity index (χ1n) is 6.00. The largest absolute Gasteiger partial charge is 0.392 e. The number of hydrogen-bond donors (Lipinski definition) is 2. The van der Waals surface area contributed by atoms with Crippen LogP contribution < -0.4 is 5.32 Å². The van der Waals surface area contributed by atoms with Gasteiger partial charge in [0.05, 0.1) is 18.7 Å². The fourth-order valence-corrected chi connectivity index (χ4v) is 1.79. The molecule has 5 heteroatoms. The SMILES string of the molecule is CC(C)C(C)(C#N)NC(=O)CN1CC[C@@H](O)C1. The van der Waals surface area contributed by atoms with Gasteiger partial charge in [-0.05, 0) is 19.3 Å². The van der Waals surface area contributed by atoms with Crippen LogP contribution in [0.3, 0.4) is 0 Å². The van der Waals surface area contributed by atoms with Crippen molar-refractivity contribution in [2.75, 3.05) is 19.6 Å². The smallest absolute Gasteiger partial charge is 0.235 e. The molecule has 0 bridgehead atoms. The molecule has 0 radical (unpaired) electrons. The third-order valence-electron chi connectivity index (χ3n) is 3.40. The van der Waals surface area contributed by atoms with Gasteiger partial charge in [0.2, 0.25) is 5.91 Å². The molecule has 1 aliphatic rings. The van der Waals surface area contributed by atoms with Crippen molar-refractivity contribution in [2.24, 2.45) is 5.92 Å². The van der Waals surface area contributed by atoms with Gasteiger partial charge in [-0.15, -0.1) is 0 Å². The maximum atomic E-state index is 11.8. The van der Waals surface area contributed by atoms with Crippen LogP contribution in [0.2, 0.25) is 0 Å². The molecule has 2 atom stereocenters. The molecule has 5 nitrogen and oxygen atoms in total. The van der Waals surface area contributed by atoms with Crippen molar-refractivity contribution in [3.8, 4) is 6.07 Å². The summed E-state index contributed by atoms with van der Waals surface area (Å²) in [5.74, 6) is -0.0996. The Morgan fingerprint density at radius 1 is 1.71 bits per heavy atom. The van der Waals surface area contributed by atoms with Crippen LogP contribution in [0.25, 0.3) is 0 Å². The zero-order valence-electron chi connectivity index (χ0n) is 10.7. The Morgan fingerprint density at radius 3 is 2.76 bits per heavy atom. The summed E-state index contributed by atoms with van der Waals surface area (Å²) in [5, 5.41) is 21.2. The monoisotopic (exact) mass is 239 g/mol. The van der Waals surface area contributed by atoms with Crippen LogP contribution in [0.15, 0.2) is 0 Å². The predicted molar refractivity (Wildman–Crippen MR) is 64.1 cm³/mol. The van der Waals surface area contributed by atoms with Crippen LogP contribution in [0.4, 0.5) is 0 Å². The van der Waals surface area contributed by atoms with Crippen LogP contribution in [0, 0.1) is 17.2 Å². The molecule has 1 heterocycles. The minimum absolute atomic E-state index is 0.0561. The summed E-state index contributed by atoms with van der Waals surface area (Å²) >= 11 is 0. The van der Waals surface area contributed by atoms with E-state index in [0.717, 1.165) is 6.54 Å². The number of nitrogens with one attached hydrogen (secondary N) is 1. The minimum Gasteiger partial charge on any atom is -0.392 e. The molecule has 0 aromatic heterocycles. The summed E-state index contributed by atoms with van der Waals surface area (Å²) in [6.45, 7) is 7.07. The van der Waals surface area contributed by atoms with E-state index in [1.165, 1.54) is 0 Å². The van der Waals surface area contributed by atoms with Gasteiger partial charge in [0.25, 0.3) is 0 Å². The van der Waals surface area contributed by atoms with E-state index < -0.39 is 5.54 Å². The molecule has 1 aliphatic heterocycles. The molecule has 1 unspecified atom stereocenters. The predicted octanol–water partition coefficient (Wildman–Crippen LogP) is 0.107. The number of rotatable bonds is 4. The van der Waals surface area contributed by atoms with Crippen LogP contribution in [0.5, 0.6) is 0 Å². The van der Waals surface area contributed by atoms with Gasteiger partial charge in [-0.25, -0.2) is 0 Å². The van der Waals surface area contributed by atoms with E-state index in [4.69, 9.17) is 5.26 Å². The Hall–Kier alpha value is -1.12. The molecule has 1 saturated heterocycles. The number of hydrogen-bond acceptors (Lipinski definition) is 4. The average molecular weight is 239 g/mol. The Morgan fingerprint density at radius 2 is 2.35 bits per heavy atom. The van der Waals surface area contributed by atoms with Crippen LogP contribution in [-0.4, -0.2) is 47.2 Å². The molecule has 1 amide bonds. The second-order valence-electron chi connectivity index (χ2n) is 5.19. The van der Waals surface area contributed by atoms with Gasteiger partial charge in [-0.1, -0.05) is 13.8 Å². The van der Waals surface area contributed by atoms with E-state index in [-0.39, 0.29) is 24.5 Å². The molecule has 0 aromatic rings. The van der Waals surface area contributed by atoms with E-state index in [1.54, 1.807) is 6.92 Å². The van der Waals surface area contributed by atoms with Crippen molar-refractivity contribution in [1.29, 1.82) is 5.26 Å². The minimum atomic E-state index is -0.824. The summed E-state index contributed by atoms with van der Waals surface area (Å²) in [6.07, 6.45) is 0.391. The van der Waals surface area contributed by atoms with E-state index in [9.17, 15) is 9.90 Å². The Kier molecular flexibility index (Phi) is 4.49. The highest BCUT2D eigenvalue weighted by Crippen LogP contribution is 2.15. The average Bonchev–Trinajstić information content (AvgIpc) is 2.63. The number of nitrogens with zero attached hydrogens (tertiary/aromatic N) is 2. The number of likely N-dealkylation sites (tertiary alicyclic amines) is 1. The summed E-state index contributed by atoms with van der Waals surface area (Å²) in [5.41, 5.74) is -0.824. The molecule has 0 aromatic carbocycles. The number of aliphatic hydroxyl groups excluding tert-OH is 1. The Balaban J connectivity index is 2.47. The summed E-state index contributed by atoms with van der Waals surface area (Å²) in [6, 6.07) is 2.14. The van der Waals surface area contributed by atoms with Crippen LogP contribution >= 0.6 is 0 Å². The topological polar surface area (TPSA) is 76.4 Å². The quantitative estimate of drug-likeness (QED) is 0.730. The maximum absolute atomic E-state index is 11.8. The molecule has 96 valence electrons. The number of amides is 1. The van der Waals surface area contributed by atoms with E-state index in [1.807, 2.05) is 18.7 Å². The second-order valence-corrected chi connectivity index (χ2v) is 5.19. The first-order chi connectivity index (χ1) is 7.87. The fourth-order valence-electron chi connectivity index (χ4n) is 1.79. The molecular formula is C12H21N3O2. The molecule has 0 aliphatic carbocycles. The number of carbonyl (C=O) groups excluding carboxylic acids is 1. The lowest BCUT2D eigenvalue weighted by atomic mass is 9.90. The van der Waals surface area contributed by atoms with Crippen molar-refractivity contribution in [3.05, 3.63) is 0 Å². The normalized spacial score (nSPS) is 24.4. The number of nitriles is 1. The molecule has 17 heavy (non-hydrogen) atoms. The molecule has 1 rings (SSSR count). The highest BCUT2D eigenvalue weighted by atomic mass is 16.3. The van der Waals surface area contributed by atoms with Crippen LogP contribution in [0.1, 0.15) is 27.2 Å². The zero-order chi connectivity index (χ0) is 13.1. The lowest BCUT2D eigenvalue weighted by Crippen LogP contribution is -2.51. The standard InChI is InChI=1S/C12H21N3O2/c1-9(2)12(3,8-13)14-11(17)7-15-5-4-10(16)6-15/h9-10,16H,4-7H2,1-3H3,(H,14,17)/t10-,12?/m1/s1. The van der Waals surface area contributed by atoms with Gasteiger partial charge in [-0.3, -0.25) is 9.69 Å². The van der Waals surface area contributed by atoms with Crippen molar-refractivity contribution in [2.45, 2.75) is 38.8 Å². The van der Waals surface area contributed by atoms with E-state index in [0.29, 0.717) is 13.0 Å². The third-order valence-corrected chi connectivity index (χ3v) is 3.40. The highest BCUT2D eigenvalue weighted by Gasteiger charge is 2.31. The number of β-amino-alcohol motifs (C(OH)–C–C–N with tert-alkyl or cyclic N) is 1. The molecular weight excluding hydrogens is 218 g/mol. The van der Waals surface area contributed by atoms with Gasteiger partial charge in [0.1, 0.15) is 5.54 Å². The first-order valence-corrected chi connectivity index (χ1v) is 6.00. The maximum Gasteiger partial charge on any atom is 0.235 e. The Labute approximate surface area is 102 Å². The summed E-state index contributed by atoms with van der Waals surface area (Å²) in [7, 11) is 0. The van der Waals surface area contributed by atoms with Gasteiger partial charge in [0, 0.05) is 13.1 Å². The number of carbonyl (C=O) groups is 1. The van der Waals surface area contributed by atoms with Crippen LogP contribution in [-0.2, 0) is 4.79 Å². The van der Waals surface area contributed by atoms with Crippen molar-refractivity contribution < 1.29 is 9.90 Å². The van der Waals surface area contributed by atoms with Crippen molar-refractivity contribution in [1.82, 2.24) is 10.2 Å². The fraction of sp³-hybridized carbons (Fsp3) is 0.833. The van der Waals surface area contributed by atoms with Gasteiger partial charge < -0.3 is 10.4 Å². The zero-order valence-corrected chi connectivity index (χ0v) is 10.7. The lowest BCUT2D eigenvalue weighted by molar-refractivity contribution is -0.123. The van der Waals surface area contributed by atoms with Gasteiger partial charge in [0.15, 0.2) is 0 Å². The highest BCUT2D eigenvalue weighted by molar-refractivity contribution is 5.79. The van der Waals surface area contributed by atoms with E-state index in [2.05, 4.69) is 11.4 Å². The summed E-state index contributed by atoms with van der Waals surface area (Å²) in [4.78, 5) is 13.7. The first kappa shape index (κ1) is 13.9. The number of aliphatic hydroxyl groups is 1. The van der Waals surface area contributed by atoms with E-state index >= 15 is 0 Å². The van der Waals surface area contributed by atoms with Crippen molar-refractivity contribution in [3.63, 3.8) is 0 Å². The molecule has 0 saturated carbocycles. The summed E-state index contributed by atoms with van der Waals surface area (Å²) < 4.78 is 0. The lowest BCUT2D eigenvalue weighted by Gasteiger charge is -2.28. The molecule has 0 spiro atoms. The van der Waals surface area contributed by atoms with Gasteiger partial charge in [-0.2, -0.15) is 5.26 Å². The molecule has 2 N–H and O–H groups in total. The third kappa shape index (κ3) is 3.69. The van der Waals surface area contributed by atoms with Crippen molar-refractivity contribution >= 4 is 5.91 Å². The van der Waals surface area contributed by atoms with Gasteiger partial charge >= 0.3 is 0 Å². The second kappa shape index (κ2) is 5.48.